The number of benzene rings is 2. The molecule has 0 aromatic heterocycles. The number of phenolic OH excluding ortho intramolecular Hbond substituents is 2. The van der Waals surface area contributed by atoms with E-state index in [-0.39, 0.29) is 17.5 Å². The van der Waals surface area contributed by atoms with Crippen molar-refractivity contribution in [3.8, 4) is 11.5 Å². The van der Waals surface area contributed by atoms with Crippen molar-refractivity contribution in [3.63, 3.8) is 0 Å². The van der Waals surface area contributed by atoms with Crippen LogP contribution in [0.25, 0.3) is 0 Å². The maximum Gasteiger partial charge on any atom is 0.120 e. The zero-order valence-corrected chi connectivity index (χ0v) is 12.1. The molecule has 0 bridgehead atoms. The summed E-state index contributed by atoms with van der Waals surface area (Å²) in [5.41, 5.74) is 10.1. The second-order valence-corrected chi connectivity index (χ2v) is 5.62. The monoisotopic (exact) mass is 284 g/mol. The zero-order valence-electron chi connectivity index (χ0n) is 12.1. The summed E-state index contributed by atoms with van der Waals surface area (Å²) >= 11 is 0. The molecule has 2 aromatic carbocycles. The molecule has 1 aliphatic rings. The van der Waals surface area contributed by atoms with Crippen molar-refractivity contribution in [3.05, 3.63) is 53.1 Å². The minimum Gasteiger partial charge on any atom is -0.508 e. The van der Waals surface area contributed by atoms with Crippen molar-refractivity contribution in [2.75, 3.05) is 12.3 Å². The average molecular weight is 284 g/mol. The van der Waals surface area contributed by atoms with Crippen molar-refractivity contribution in [2.45, 2.75) is 25.9 Å². The van der Waals surface area contributed by atoms with Crippen LogP contribution in [0.1, 0.15) is 29.7 Å². The zero-order chi connectivity index (χ0) is 15.0. The summed E-state index contributed by atoms with van der Waals surface area (Å²) in [5, 5.41) is 19.7. The molecular formula is C17H20N2O2. The Morgan fingerprint density at radius 3 is 2.81 bits per heavy atom. The molecule has 4 N–H and O–H groups in total. The van der Waals surface area contributed by atoms with Gasteiger partial charge in [0.2, 0.25) is 0 Å². The summed E-state index contributed by atoms with van der Waals surface area (Å²) in [6, 6.07) is 10.7. The molecule has 0 fully saturated rings. The quantitative estimate of drug-likeness (QED) is 0.586. The number of fused-ring (bicyclic) bond motifs is 1. The first-order valence-electron chi connectivity index (χ1n) is 7.18. The number of aromatic hydroxyl groups is 2. The molecular weight excluding hydrogens is 264 g/mol. The molecule has 3 rings (SSSR count). The minimum atomic E-state index is 0.0340. The van der Waals surface area contributed by atoms with Crippen LogP contribution < -0.4 is 5.73 Å². The van der Waals surface area contributed by atoms with Crippen LogP contribution >= 0.6 is 0 Å². The van der Waals surface area contributed by atoms with Crippen LogP contribution in [0.3, 0.4) is 0 Å². The summed E-state index contributed by atoms with van der Waals surface area (Å²) in [6.07, 6.45) is 0.909. The molecule has 0 saturated heterocycles. The standard InChI is InChI=1S/C17H20N2O2/c1-11(15-9-13(20)5-6-17(15)21)19-8-7-14-12(10-19)3-2-4-16(14)18/h2-6,9,11,20-21H,7-8,10,18H2,1H3. The lowest BCUT2D eigenvalue weighted by atomic mass is 9.95. The summed E-state index contributed by atoms with van der Waals surface area (Å²) in [6.45, 7) is 3.74. The fraction of sp³-hybridized carbons (Fsp3) is 0.294. The first-order chi connectivity index (χ1) is 10.1. The molecule has 2 aromatic rings. The number of nitrogens with two attached hydrogens (primary N) is 1. The first kappa shape index (κ1) is 13.8. The lowest BCUT2D eigenvalue weighted by molar-refractivity contribution is 0.189. The summed E-state index contributed by atoms with van der Waals surface area (Å²) in [4.78, 5) is 2.29. The third kappa shape index (κ3) is 2.54. The molecule has 0 saturated carbocycles. The second kappa shape index (κ2) is 5.30. The molecule has 0 spiro atoms. The van der Waals surface area contributed by atoms with Gasteiger partial charge in [-0.1, -0.05) is 12.1 Å². The van der Waals surface area contributed by atoms with Gasteiger partial charge in [0.15, 0.2) is 0 Å². The topological polar surface area (TPSA) is 69.7 Å². The highest BCUT2D eigenvalue weighted by Gasteiger charge is 2.24. The van der Waals surface area contributed by atoms with Gasteiger partial charge >= 0.3 is 0 Å². The Morgan fingerprint density at radius 1 is 1.19 bits per heavy atom. The Hall–Kier alpha value is -2.20. The maximum absolute atomic E-state index is 10.0. The Kier molecular flexibility index (Phi) is 3.47. The lowest BCUT2D eigenvalue weighted by Gasteiger charge is -2.34. The van der Waals surface area contributed by atoms with Gasteiger partial charge in [0.1, 0.15) is 11.5 Å². The van der Waals surface area contributed by atoms with Gasteiger partial charge < -0.3 is 15.9 Å². The van der Waals surface area contributed by atoms with E-state index in [1.54, 1.807) is 6.07 Å². The molecule has 1 heterocycles. The van der Waals surface area contributed by atoms with Crippen LogP contribution in [0.5, 0.6) is 11.5 Å². The molecule has 0 aliphatic carbocycles. The normalized spacial score (nSPS) is 16.4. The van der Waals surface area contributed by atoms with E-state index in [1.165, 1.54) is 23.3 Å². The van der Waals surface area contributed by atoms with Gasteiger partial charge in [-0.05, 0) is 48.7 Å². The molecule has 0 radical (unpaired) electrons. The summed E-state index contributed by atoms with van der Waals surface area (Å²) < 4.78 is 0. The number of hydrogen-bond donors (Lipinski definition) is 3. The van der Waals surface area contributed by atoms with E-state index in [0.29, 0.717) is 0 Å². The third-order valence-corrected chi connectivity index (χ3v) is 4.34. The van der Waals surface area contributed by atoms with Crippen molar-refractivity contribution in [1.29, 1.82) is 0 Å². The molecule has 1 aliphatic heterocycles. The highest BCUT2D eigenvalue weighted by atomic mass is 16.3. The van der Waals surface area contributed by atoms with Crippen molar-refractivity contribution < 1.29 is 10.2 Å². The van der Waals surface area contributed by atoms with Gasteiger partial charge in [0.25, 0.3) is 0 Å². The third-order valence-electron chi connectivity index (χ3n) is 4.34. The molecule has 0 amide bonds. The highest BCUT2D eigenvalue weighted by molar-refractivity contribution is 5.52. The average Bonchev–Trinajstić information content (AvgIpc) is 2.49. The summed E-state index contributed by atoms with van der Waals surface area (Å²) in [5.74, 6) is 0.398. The molecule has 1 unspecified atom stereocenters. The Labute approximate surface area is 124 Å². The number of rotatable bonds is 2. The van der Waals surface area contributed by atoms with Crippen LogP contribution in [0.15, 0.2) is 36.4 Å². The van der Waals surface area contributed by atoms with E-state index in [2.05, 4.69) is 11.0 Å². The minimum absolute atomic E-state index is 0.0340. The Bertz CT molecular complexity index is 670. The van der Waals surface area contributed by atoms with E-state index in [9.17, 15) is 10.2 Å². The second-order valence-electron chi connectivity index (χ2n) is 5.62. The lowest BCUT2D eigenvalue weighted by Crippen LogP contribution is -2.33. The van der Waals surface area contributed by atoms with Crippen LogP contribution in [-0.4, -0.2) is 21.7 Å². The van der Waals surface area contributed by atoms with Gasteiger partial charge in [0.05, 0.1) is 0 Å². The molecule has 21 heavy (non-hydrogen) atoms. The number of anilines is 1. The number of hydrogen-bond acceptors (Lipinski definition) is 4. The largest absolute Gasteiger partial charge is 0.508 e. The molecule has 110 valence electrons. The van der Waals surface area contributed by atoms with Crippen LogP contribution in [-0.2, 0) is 13.0 Å². The van der Waals surface area contributed by atoms with Gasteiger partial charge in [-0.15, -0.1) is 0 Å². The van der Waals surface area contributed by atoms with Gasteiger partial charge in [-0.3, -0.25) is 4.90 Å². The van der Waals surface area contributed by atoms with E-state index in [0.717, 1.165) is 30.8 Å². The van der Waals surface area contributed by atoms with Crippen molar-refractivity contribution >= 4 is 5.69 Å². The Balaban J connectivity index is 1.87. The molecule has 1 atom stereocenters. The van der Waals surface area contributed by atoms with E-state index in [4.69, 9.17) is 5.73 Å². The highest BCUT2D eigenvalue weighted by Crippen LogP contribution is 2.34. The number of nitrogen functional groups attached to an aromatic ring is 1. The summed E-state index contributed by atoms with van der Waals surface area (Å²) in [7, 11) is 0. The van der Waals surface area contributed by atoms with Crippen molar-refractivity contribution in [1.82, 2.24) is 4.90 Å². The maximum atomic E-state index is 10.0. The predicted molar refractivity (Wildman–Crippen MR) is 83.2 cm³/mol. The van der Waals surface area contributed by atoms with Crippen LogP contribution in [0, 0.1) is 0 Å². The van der Waals surface area contributed by atoms with E-state index in [1.807, 2.05) is 19.1 Å². The first-order valence-corrected chi connectivity index (χ1v) is 7.18. The SMILES string of the molecule is CC(c1cc(O)ccc1O)N1CCc2c(N)cccc2C1. The number of phenols is 2. The molecule has 4 heteroatoms. The molecule has 4 nitrogen and oxygen atoms in total. The van der Waals surface area contributed by atoms with E-state index < -0.39 is 0 Å². The number of nitrogens with zero attached hydrogens (tertiary/aromatic N) is 1. The van der Waals surface area contributed by atoms with Crippen LogP contribution in [0.2, 0.25) is 0 Å². The van der Waals surface area contributed by atoms with Gasteiger partial charge in [-0.2, -0.15) is 0 Å². The van der Waals surface area contributed by atoms with Crippen LogP contribution in [0.4, 0.5) is 5.69 Å². The fourth-order valence-electron chi connectivity index (χ4n) is 3.06. The van der Waals surface area contributed by atoms with Gasteiger partial charge in [-0.25, -0.2) is 0 Å². The van der Waals surface area contributed by atoms with Gasteiger partial charge in [0, 0.05) is 30.4 Å². The predicted octanol–water partition coefficient (Wildman–Crippen LogP) is 2.80. The Morgan fingerprint density at radius 2 is 2.00 bits per heavy atom. The van der Waals surface area contributed by atoms with E-state index >= 15 is 0 Å². The van der Waals surface area contributed by atoms with Crippen molar-refractivity contribution in [2.24, 2.45) is 0 Å². The fourth-order valence-corrected chi connectivity index (χ4v) is 3.06. The smallest absolute Gasteiger partial charge is 0.120 e.